The molecular formula is C35H34N2O3. The minimum atomic E-state index is -0.848. The zero-order chi connectivity index (χ0) is 27.9. The van der Waals surface area contributed by atoms with Gasteiger partial charge in [-0.3, -0.25) is 4.79 Å². The molecule has 0 saturated carbocycles. The second-order valence-electron chi connectivity index (χ2n) is 10.5. The lowest BCUT2D eigenvalue weighted by Gasteiger charge is -2.44. The molecule has 2 aliphatic rings. The molecule has 202 valence electrons. The maximum Gasteiger partial charge on any atom is 0.241 e. The maximum atomic E-state index is 14.4. The summed E-state index contributed by atoms with van der Waals surface area (Å²) in [7, 11) is 3.81. The largest absolute Gasteiger partial charge is 0.497 e. The number of rotatable bonds is 3. The Bertz CT molecular complexity index is 1670. The smallest absolute Gasteiger partial charge is 0.241 e. The molecule has 0 bridgehead atoms. The molecule has 5 heteroatoms. The summed E-state index contributed by atoms with van der Waals surface area (Å²) in [6, 6.07) is 35.8. The molecule has 3 atom stereocenters. The second kappa shape index (κ2) is 10.3. The number of hydrogen-bond acceptors (Lipinski definition) is 3. The molecule has 4 aromatic carbocycles. The molecule has 0 radical (unpaired) electrons. The molecule has 2 N–H and O–H groups in total. The molecule has 5 nitrogen and oxygen atoms in total. The number of benzene rings is 4. The maximum absolute atomic E-state index is 14.4. The van der Waals surface area contributed by atoms with E-state index in [9.17, 15) is 4.79 Å². The van der Waals surface area contributed by atoms with Gasteiger partial charge in [0, 0.05) is 47.8 Å². The Morgan fingerprint density at radius 1 is 0.900 bits per heavy atom. The van der Waals surface area contributed by atoms with Gasteiger partial charge in [0.2, 0.25) is 5.91 Å². The Hall–Kier alpha value is -4.35. The van der Waals surface area contributed by atoms with Crippen molar-refractivity contribution < 1.29 is 14.6 Å². The Labute approximate surface area is 235 Å². The number of para-hydroxylation sites is 2. The standard InChI is InChI=1S/C33H28N2O2.C2H6O/c1-35-29-15-9-6-12-24(29)30-25(21-10-4-3-5-11-21)20-27(22-16-18-23(37-2)19-17-22)33(31(30)35)26-13-7-8-14-28(26)34-32(33)36;1-2-3/h3-19,25,27H,20H2,1-2H3,(H,34,36);3H,2H2,1H3/t25-,27+,33-;/m0./s1. The average molecular weight is 531 g/mol. The first-order chi connectivity index (χ1) is 19.6. The number of methoxy groups -OCH3 is 1. The number of carbonyl (C=O) groups excluding carboxylic acids is 1. The molecule has 1 aliphatic carbocycles. The van der Waals surface area contributed by atoms with Crippen LogP contribution in [0.25, 0.3) is 10.9 Å². The lowest BCUT2D eigenvalue weighted by Crippen LogP contribution is -2.47. The van der Waals surface area contributed by atoms with Crippen molar-refractivity contribution in [1.82, 2.24) is 4.57 Å². The number of aliphatic hydroxyl groups is 1. The van der Waals surface area contributed by atoms with Crippen LogP contribution in [0.15, 0.2) is 103 Å². The van der Waals surface area contributed by atoms with Crippen LogP contribution in [0.4, 0.5) is 5.69 Å². The molecule has 40 heavy (non-hydrogen) atoms. The van der Waals surface area contributed by atoms with E-state index in [0.29, 0.717) is 0 Å². The molecular weight excluding hydrogens is 496 g/mol. The lowest BCUT2D eigenvalue weighted by molar-refractivity contribution is -0.120. The van der Waals surface area contributed by atoms with Crippen molar-refractivity contribution in [1.29, 1.82) is 0 Å². The van der Waals surface area contributed by atoms with Crippen molar-refractivity contribution in [3.63, 3.8) is 0 Å². The van der Waals surface area contributed by atoms with Crippen LogP contribution < -0.4 is 10.1 Å². The van der Waals surface area contributed by atoms with Gasteiger partial charge < -0.3 is 19.7 Å². The Kier molecular flexibility index (Phi) is 6.68. The van der Waals surface area contributed by atoms with Crippen molar-refractivity contribution in [3.05, 3.63) is 131 Å². The topological polar surface area (TPSA) is 63.5 Å². The summed E-state index contributed by atoms with van der Waals surface area (Å²) < 4.78 is 7.75. The molecule has 1 amide bonds. The Balaban J connectivity index is 0.000000925. The zero-order valence-corrected chi connectivity index (χ0v) is 23.1. The third-order valence-corrected chi connectivity index (χ3v) is 8.54. The summed E-state index contributed by atoms with van der Waals surface area (Å²) in [6.07, 6.45) is 0.819. The molecule has 1 aromatic heterocycles. The van der Waals surface area contributed by atoms with Crippen molar-refractivity contribution in [2.24, 2.45) is 7.05 Å². The monoisotopic (exact) mass is 530 g/mol. The van der Waals surface area contributed by atoms with Crippen molar-refractivity contribution in [2.75, 3.05) is 19.0 Å². The van der Waals surface area contributed by atoms with E-state index in [1.165, 1.54) is 16.5 Å². The van der Waals surface area contributed by atoms with E-state index in [0.717, 1.165) is 40.2 Å². The number of carbonyl (C=O) groups is 1. The zero-order valence-electron chi connectivity index (χ0n) is 23.1. The summed E-state index contributed by atoms with van der Waals surface area (Å²) in [4.78, 5) is 14.4. The summed E-state index contributed by atoms with van der Waals surface area (Å²) in [5.41, 5.74) is 7.04. The van der Waals surface area contributed by atoms with Crippen LogP contribution in [0.5, 0.6) is 5.75 Å². The minimum Gasteiger partial charge on any atom is -0.497 e. The van der Waals surface area contributed by atoms with E-state index < -0.39 is 5.41 Å². The Morgan fingerprint density at radius 2 is 1.55 bits per heavy atom. The number of hydrogen-bond donors (Lipinski definition) is 2. The first-order valence-electron chi connectivity index (χ1n) is 13.8. The first kappa shape index (κ1) is 25.9. The van der Waals surface area contributed by atoms with Gasteiger partial charge in [0.1, 0.15) is 11.2 Å². The highest BCUT2D eigenvalue weighted by Crippen LogP contribution is 2.61. The third-order valence-electron chi connectivity index (χ3n) is 8.54. The molecule has 1 aliphatic heterocycles. The predicted molar refractivity (Wildman–Crippen MR) is 160 cm³/mol. The number of aromatic nitrogens is 1. The van der Waals surface area contributed by atoms with Gasteiger partial charge in [-0.05, 0) is 59.9 Å². The van der Waals surface area contributed by atoms with Gasteiger partial charge in [-0.1, -0.05) is 78.9 Å². The van der Waals surface area contributed by atoms with E-state index >= 15 is 0 Å². The molecule has 1 spiro atoms. The number of nitrogens with one attached hydrogen (secondary N) is 1. The van der Waals surface area contributed by atoms with Crippen molar-refractivity contribution >= 4 is 22.5 Å². The van der Waals surface area contributed by atoms with Crippen LogP contribution in [0.3, 0.4) is 0 Å². The van der Waals surface area contributed by atoms with E-state index in [1.807, 2.05) is 24.3 Å². The first-order valence-corrected chi connectivity index (χ1v) is 13.8. The van der Waals surface area contributed by atoms with Crippen LogP contribution in [-0.4, -0.2) is 29.3 Å². The average Bonchev–Trinajstić information content (AvgIpc) is 3.46. The number of amides is 1. The van der Waals surface area contributed by atoms with Gasteiger partial charge in [0.25, 0.3) is 0 Å². The van der Waals surface area contributed by atoms with Gasteiger partial charge in [-0.15, -0.1) is 0 Å². The number of nitrogens with zero attached hydrogens (tertiary/aromatic N) is 1. The summed E-state index contributed by atoms with van der Waals surface area (Å²) in [6.45, 7) is 1.93. The van der Waals surface area contributed by atoms with Crippen molar-refractivity contribution in [3.8, 4) is 5.75 Å². The summed E-state index contributed by atoms with van der Waals surface area (Å²) >= 11 is 0. The highest BCUT2D eigenvalue weighted by Gasteiger charge is 2.60. The molecule has 0 saturated heterocycles. The van der Waals surface area contributed by atoms with Gasteiger partial charge in [0.05, 0.1) is 7.11 Å². The number of fused-ring (bicyclic) bond motifs is 6. The highest BCUT2D eigenvalue weighted by atomic mass is 16.5. The predicted octanol–water partition coefficient (Wildman–Crippen LogP) is 6.74. The fourth-order valence-electron chi connectivity index (χ4n) is 7.02. The third kappa shape index (κ3) is 3.76. The fourth-order valence-corrected chi connectivity index (χ4v) is 7.02. The lowest BCUT2D eigenvalue weighted by atomic mass is 9.57. The highest BCUT2D eigenvalue weighted by molar-refractivity contribution is 6.11. The second-order valence-corrected chi connectivity index (χ2v) is 10.5. The van der Waals surface area contributed by atoms with Gasteiger partial charge >= 0.3 is 0 Å². The van der Waals surface area contributed by atoms with E-state index in [1.54, 1.807) is 14.0 Å². The van der Waals surface area contributed by atoms with Crippen LogP contribution in [-0.2, 0) is 17.3 Å². The minimum absolute atomic E-state index is 0.0492. The van der Waals surface area contributed by atoms with E-state index in [4.69, 9.17) is 9.84 Å². The number of aryl methyl sites for hydroxylation is 1. The number of aliphatic hydroxyl groups excluding tert-OH is 1. The van der Waals surface area contributed by atoms with E-state index in [2.05, 4.69) is 95.8 Å². The Morgan fingerprint density at radius 3 is 2.27 bits per heavy atom. The van der Waals surface area contributed by atoms with E-state index in [-0.39, 0.29) is 24.3 Å². The number of ether oxygens (including phenoxy) is 1. The molecule has 2 heterocycles. The molecule has 5 aromatic rings. The van der Waals surface area contributed by atoms with Crippen LogP contribution in [0.2, 0.25) is 0 Å². The quantitative estimate of drug-likeness (QED) is 0.271. The van der Waals surface area contributed by atoms with Crippen LogP contribution in [0, 0.1) is 0 Å². The number of anilines is 1. The summed E-state index contributed by atoms with van der Waals surface area (Å²) in [5, 5.41) is 12.1. The van der Waals surface area contributed by atoms with Gasteiger partial charge in [-0.2, -0.15) is 0 Å². The summed E-state index contributed by atoms with van der Waals surface area (Å²) in [5.74, 6) is 0.950. The SMILES string of the molecule is CCO.COc1ccc([C@H]2C[C@@H](c3ccccc3)c3c(n(C)c4ccccc34)[C@@]23C(=O)Nc2ccccc23)cc1. The molecule has 7 rings (SSSR count). The normalized spacial score (nSPS) is 20.9. The van der Waals surface area contributed by atoms with Crippen LogP contribution >= 0.6 is 0 Å². The fraction of sp³-hybridized carbons (Fsp3) is 0.229. The van der Waals surface area contributed by atoms with Crippen LogP contribution in [0.1, 0.15) is 53.1 Å². The molecule has 0 fully saturated rings. The van der Waals surface area contributed by atoms with Gasteiger partial charge in [0.15, 0.2) is 0 Å². The molecule has 0 unspecified atom stereocenters. The van der Waals surface area contributed by atoms with Gasteiger partial charge in [-0.25, -0.2) is 0 Å². The van der Waals surface area contributed by atoms with Crippen molar-refractivity contribution in [2.45, 2.75) is 30.6 Å².